The van der Waals surface area contributed by atoms with Gasteiger partial charge in [-0.1, -0.05) is 13.8 Å². The van der Waals surface area contributed by atoms with E-state index in [2.05, 4.69) is 5.32 Å². The van der Waals surface area contributed by atoms with Gasteiger partial charge in [-0.2, -0.15) is 4.31 Å². The molecule has 2 aromatic rings. The van der Waals surface area contributed by atoms with Crippen molar-refractivity contribution in [3.8, 4) is 0 Å². The molecule has 2 unspecified atom stereocenters. The number of amides is 2. The molecule has 2 amide bonds. The summed E-state index contributed by atoms with van der Waals surface area (Å²) in [6.45, 7) is 4.53. The Morgan fingerprint density at radius 1 is 0.970 bits per heavy atom. The second-order valence-electron chi connectivity index (χ2n) is 8.36. The first-order chi connectivity index (χ1) is 15.6. The minimum atomic E-state index is -3.61. The molecule has 1 aliphatic heterocycles. The molecule has 0 aromatic heterocycles. The molecule has 3 rings (SSSR count). The molecule has 0 bridgehead atoms. The van der Waals surface area contributed by atoms with Gasteiger partial charge in [-0.05, 0) is 66.8 Å². The van der Waals surface area contributed by atoms with Crippen molar-refractivity contribution in [3.63, 3.8) is 0 Å². The summed E-state index contributed by atoms with van der Waals surface area (Å²) >= 11 is 0. The van der Waals surface area contributed by atoms with Crippen LogP contribution in [-0.4, -0.2) is 50.2 Å². The quantitative estimate of drug-likeness (QED) is 0.592. The first-order valence-electron chi connectivity index (χ1n) is 10.5. The molecule has 10 heteroatoms. The Labute approximate surface area is 193 Å². The molecule has 1 saturated heterocycles. The number of anilines is 1. The van der Waals surface area contributed by atoms with Crippen molar-refractivity contribution in [2.75, 3.05) is 25.0 Å². The fraction of sp³-hybridized carbons (Fsp3) is 0.348. The molecule has 0 aliphatic carbocycles. The summed E-state index contributed by atoms with van der Waals surface area (Å²) in [5, 5.41) is 2.56. The molecule has 1 fully saturated rings. The van der Waals surface area contributed by atoms with Gasteiger partial charge in [0.25, 0.3) is 5.91 Å². The van der Waals surface area contributed by atoms with Crippen LogP contribution < -0.4 is 11.1 Å². The van der Waals surface area contributed by atoms with Gasteiger partial charge in [-0.3, -0.25) is 9.59 Å². The van der Waals surface area contributed by atoms with Crippen molar-refractivity contribution in [1.82, 2.24) is 4.31 Å². The molecular formula is C23H27N3O6S. The molecule has 1 heterocycles. The normalized spacial score (nSPS) is 19.0. The second-order valence-corrected chi connectivity index (χ2v) is 10.3. The van der Waals surface area contributed by atoms with Crippen LogP contribution in [0.5, 0.6) is 0 Å². The zero-order chi connectivity index (χ0) is 24.2. The van der Waals surface area contributed by atoms with Crippen molar-refractivity contribution in [1.29, 1.82) is 0 Å². The monoisotopic (exact) mass is 473 g/mol. The van der Waals surface area contributed by atoms with E-state index in [0.29, 0.717) is 30.6 Å². The predicted molar refractivity (Wildman–Crippen MR) is 122 cm³/mol. The topological polar surface area (TPSA) is 136 Å². The van der Waals surface area contributed by atoms with Gasteiger partial charge in [0.15, 0.2) is 6.61 Å². The van der Waals surface area contributed by atoms with Crippen LogP contribution in [0.2, 0.25) is 0 Å². The number of nitrogens with two attached hydrogens (primary N) is 1. The Kier molecular flexibility index (Phi) is 7.50. The Bertz CT molecular complexity index is 1120. The number of rotatable bonds is 7. The standard InChI is InChI=1S/C23H27N3O6S/c1-15-11-16(2)13-26(12-15)33(30,31)20-9-7-19(8-10-20)25-21(27)14-32-23(29)18-5-3-17(4-6-18)22(24)28/h3-10,15-16H,11-14H2,1-2H3,(H2,24,28)(H,25,27). The lowest BCUT2D eigenvalue weighted by molar-refractivity contribution is -0.119. The molecule has 0 radical (unpaired) electrons. The molecule has 176 valence electrons. The van der Waals surface area contributed by atoms with E-state index in [9.17, 15) is 22.8 Å². The van der Waals surface area contributed by atoms with Crippen LogP contribution >= 0.6 is 0 Å². The van der Waals surface area contributed by atoms with Gasteiger partial charge < -0.3 is 15.8 Å². The van der Waals surface area contributed by atoms with Crippen LogP contribution in [-0.2, 0) is 19.6 Å². The average molecular weight is 474 g/mol. The smallest absolute Gasteiger partial charge is 0.338 e. The number of esters is 1. The maximum atomic E-state index is 12.9. The summed E-state index contributed by atoms with van der Waals surface area (Å²) in [5.74, 6) is -1.33. The van der Waals surface area contributed by atoms with Crippen LogP contribution in [0.4, 0.5) is 5.69 Å². The number of ether oxygens (including phenoxy) is 1. The molecule has 3 N–H and O–H groups in total. The number of primary amides is 1. The lowest BCUT2D eigenvalue weighted by Crippen LogP contribution is -2.42. The Morgan fingerprint density at radius 2 is 1.52 bits per heavy atom. The third kappa shape index (κ3) is 6.17. The summed E-state index contributed by atoms with van der Waals surface area (Å²) in [6.07, 6.45) is 1.00. The summed E-state index contributed by atoms with van der Waals surface area (Å²) in [6, 6.07) is 11.4. The van der Waals surface area contributed by atoms with Crippen LogP contribution in [0.25, 0.3) is 0 Å². The van der Waals surface area contributed by atoms with Gasteiger partial charge in [0, 0.05) is 24.3 Å². The minimum absolute atomic E-state index is 0.160. The Morgan fingerprint density at radius 3 is 2.06 bits per heavy atom. The highest BCUT2D eigenvalue weighted by atomic mass is 32.2. The first kappa shape index (κ1) is 24.4. The maximum absolute atomic E-state index is 12.9. The fourth-order valence-electron chi connectivity index (χ4n) is 3.84. The summed E-state index contributed by atoms with van der Waals surface area (Å²) in [7, 11) is -3.61. The molecule has 2 atom stereocenters. The van der Waals surface area contributed by atoms with E-state index in [1.54, 1.807) is 0 Å². The largest absolute Gasteiger partial charge is 0.452 e. The maximum Gasteiger partial charge on any atom is 0.338 e. The fourth-order valence-corrected chi connectivity index (χ4v) is 5.52. The van der Waals surface area contributed by atoms with Crippen LogP contribution in [0.1, 0.15) is 41.0 Å². The van der Waals surface area contributed by atoms with Crippen molar-refractivity contribution in [2.45, 2.75) is 25.2 Å². The van der Waals surface area contributed by atoms with E-state index in [1.807, 2.05) is 13.8 Å². The van der Waals surface area contributed by atoms with E-state index < -0.39 is 34.4 Å². The van der Waals surface area contributed by atoms with Crippen LogP contribution in [0.3, 0.4) is 0 Å². The molecule has 33 heavy (non-hydrogen) atoms. The van der Waals surface area contributed by atoms with E-state index in [1.165, 1.54) is 52.8 Å². The highest BCUT2D eigenvalue weighted by molar-refractivity contribution is 7.89. The number of sulfonamides is 1. The van der Waals surface area contributed by atoms with Gasteiger partial charge in [0.2, 0.25) is 15.9 Å². The molecule has 0 saturated carbocycles. The predicted octanol–water partition coefficient (Wildman–Crippen LogP) is 2.25. The summed E-state index contributed by atoms with van der Waals surface area (Å²) in [4.78, 5) is 35.4. The van der Waals surface area contributed by atoms with E-state index in [4.69, 9.17) is 10.5 Å². The third-order valence-electron chi connectivity index (χ3n) is 5.35. The van der Waals surface area contributed by atoms with Gasteiger partial charge in [-0.15, -0.1) is 0 Å². The van der Waals surface area contributed by atoms with Gasteiger partial charge in [0.05, 0.1) is 10.5 Å². The SMILES string of the molecule is CC1CC(C)CN(S(=O)(=O)c2ccc(NC(=O)COC(=O)c3ccc(C(N)=O)cc3)cc2)C1. The van der Waals surface area contributed by atoms with Crippen molar-refractivity contribution in [2.24, 2.45) is 17.6 Å². The highest BCUT2D eigenvalue weighted by Gasteiger charge is 2.31. The number of carbonyl (C=O) groups is 3. The molecule has 1 aliphatic rings. The molecule has 2 aromatic carbocycles. The van der Waals surface area contributed by atoms with Gasteiger partial charge >= 0.3 is 5.97 Å². The Hall–Kier alpha value is -3.24. The van der Waals surface area contributed by atoms with Crippen molar-refractivity contribution < 1.29 is 27.5 Å². The van der Waals surface area contributed by atoms with E-state index >= 15 is 0 Å². The number of piperidine rings is 1. The van der Waals surface area contributed by atoms with Gasteiger partial charge in [-0.25, -0.2) is 13.2 Å². The first-order valence-corrected chi connectivity index (χ1v) is 12.0. The number of benzene rings is 2. The third-order valence-corrected chi connectivity index (χ3v) is 7.20. The zero-order valence-electron chi connectivity index (χ0n) is 18.5. The van der Waals surface area contributed by atoms with Crippen molar-refractivity contribution >= 4 is 33.5 Å². The molecule has 9 nitrogen and oxygen atoms in total. The number of nitrogens with one attached hydrogen (secondary N) is 1. The number of hydrogen-bond donors (Lipinski definition) is 2. The molecule has 0 spiro atoms. The number of carbonyl (C=O) groups excluding carboxylic acids is 3. The average Bonchev–Trinajstić information content (AvgIpc) is 2.77. The Balaban J connectivity index is 1.55. The minimum Gasteiger partial charge on any atom is -0.452 e. The highest BCUT2D eigenvalue weighted by Crippen LogP contribution is 2.27. The summed E-state index contributed by atoms with van der Waals surface area (Å²) < 4.78 is 32.4. The molecular weight excluding hydrogens is 446 g/mol. The second kappa shape index (κ2) is 10.1. The zero-order valence-corrected chi connectivity index (χ0v) is 19.3. The van der Waals surface area contributed by atoms with Gasteiger partial charge in [0.1, 0.15) is 0 Å². The van der Waals surface area contributed by atoms with E-state index in [-0.39, 0.29) is 16.0 Å². The van der Waals surface area contributed by atoms with E-state index in [0.717, 1.165) is 6.42 Å². The number of nitrogens with zero attached hydrogens (tertiary/aromatic N) is 1. The van der Waals surface area contributed by atoms with Crippen LogP contribution in [0.15, 0.2) is 53.4 Å². The number of hydrogen-bond acceptors (Lipinski definition) is 6. The van der Waals surface area contributed by atoms with Crippen LogP contribution in [0, 0.1) is 11.8 Å². The summed E-state index contributed by atoms with van der Waals surface area (Å²) in [5.41, 5.74) is 5.95. The van der Waals surface area contributed by atoms with Crippen molar-refractivity contribution in [3.05, 3.63) is 59.7 Å². The lowest BCUT2D eigenvalue weighted by atomic mass is 9.94. The lowest BCUT2D eigenvalue weighted by Gasteiger charge is -2.34.